The predicted molar refractivity (Wildman–Crippen MR) is 91.3 cm³/mol. The first-order valence-corrected chi connectivity index (χ1v) is 9.36. The molecule has 7 nitrogen and oxygen atoms in total. The van der Waals surface area contributed by atoms with Gasteiger partial charge in [-0.05, 0) is 26.3 Å². The number of rotatable bonds is 6. The Labute approximate surface area is 145 Å². The summed E-state index contributed by atoms with van der Waals surface area (Å²) in [5.41, 5.74) is 0.561. The van der Waals surface area contributed by atoms with E-state index in [0.717, 1.165) is 0 Å². The molecule has 134 valence electrons. The summed E-state index contributed by atoms with van der Waals surface area (Å²) in [5, 5.41) is 11.2. The lowest BCUT2D eigenvalue weighted by Gasteiger charge is -2.25. The molecule has 1 heterocycles. The standard InChI is InChI=1S/C17H19NO6S/c1-10-14(18(21)22)9-25(23,24)17(10)16(13-7-5-4-6-8-13)15(11(2)19)12(3)20/h4-8,14-16H,9H2,1-3H3. The molecule has 1 aromatic rings. The van der Waals surface area contributed by atoms with Gasteiger partial charge >= 0.3 is 0 Å². The quantitative estimate of drug-likeness (QED) is 0.432. The number of sulfone groups is 1. The van der Waals surface area contributed by atoms with Crippen LogP contribution in [0, 0.1) is 16.0 Å². The summed E-state index contributed by atoms with van der Waals surface area (Å²) in [6.07, 6.45) is 0. The minimum Gasteiger partial charge on any atom is -0.299 e. The fourth-order valence-corrected chi connectivity index (χ4v) is 5.65. The molecule has 0 aliphatic carbocycles. The van der Waals surface area contributed by atoms with Crippen LogP contribution in [0.4, 0.5) is 0 Å². The first-order valence-electron chi connectivity index (χ1n) is 7.70. The SMILES string of the molecule is CC(=O)C(C(C)=O)C(C1=C(C)C([N+](=O)[O-])CS1(=O)=O)c1ccccc1. The molecule has 1 aliphatic rings. The van der Waals surface area contributed by atoms with Gasteiger partial charge in [-0.1, -0.05) is 30.3 Å². The molecule has 2 atom stereocenters. The number of carbonyl (C=O) groups excluding carboxylic acids is 2. The van der Waals surface area contributed by atoms with E-state index < -0.39 is 50.0 Å². The number of hydrogen-bond donors (Lipinski definition) is 0. The normalized spacial score (nSPS) is 20.6. The summed E-state index contributed by atoms with van der Waals surface area (Å²) >= 11 is 0. The Morgan fingerprint density at radius 3 is 2.08 bits per heavy atom. The van der Waals surface area contributed by atoms with Crippen molar-refractivity contribution in [3.63, 3.8) is 0 Å². The Morgan fingerprint density at radius 2 is 1.68 bits per heavy atom. The fourth-order valence-electron chi connectivity index (χ4n) is 3.40. The smallest absolute Gasteiger partial charge is 0.249 e. The number of hydrogen-bond acceptors (Lipinski definition) is 6. The van der Waals surface area contributed by atoms with Gasteiger partial charge in [-0.3, -0.25) is 19.7 Å². The van der Waals surface area contributed by atoms with Gasteiger partial charge in [-0.25, -0.2) is 8.42 Å². The zero-order valence-electron chi connectivity index (χ0n) is 14.1. The van der Waals surface area contributed by atoms with E-state index in [9.17, 15) is 28.1 Å². The number of Topliss-reactive ketones (excluding diaryl/α,β-unsaturated/α-hetero) is 2. The summed E-state index contributed by atoms with van der Waals surface area (Å²) in [7, 11) is -3.96. The molecule has 0 fully saturated rings. The molecule has 0 amide bonds. The minimum atomic E-state index is -3.96. The maximum Gasteiger partial charge on any atom is 0.249 e. The topological polar surface area (TPSA) is 111 Å². The first kappa shape index (κ1) is 19.0. The Morgan fingerprint density at radius 1 is 1.16 bits per heavy atom. The molecule has 8 heteroatoms. The zero-order chi connectivity index (χ0) is 18.9. The van der Waals surface area contributed by atoms with Crippen LogP contribution in [0.25, 0.3) is 0 Å². The highest BCUT2D eigenvalue weighted by Crippen LogP contribution is 2.43. The average Bonchev–Trinajstić information content (AvgIpc) is 2.75. The summed E-state index contributed by atoms with van der Waals surface area (Å²) in [6, 6.07) is 6.95. The monoisotopic (exact) mass is 365 g/mol. The molecule has 0 aromatic heterocycles. The maximum atomic E-state index is 12.7. The fraction of sp³-hybridized carbons (Fsp3) is 0.412. The van der Waals surface area contributed by atoms with Crippen LogP contribution in [0.3, 0.4) is 0 Å². The van der Waals surface area contributed by atoms with Crippen molar-refractivity contribution in [2.45, 2.75) is 32.7 Å². The van der Waals surface area contributed by atoms with Crippen molar-refractivity contribution in [2.24, 2.45) is 5.92 Å². The minimum absolute atomic E-state index is 0.0892. The van der Waals surface area contributed by atoms with E-state index in [0.29, 0.717) is 5.56 Å². The van der Waals surface area contributed by atoms with Gasteiger partial charge < -0.3 is 0 Å². The van der Waals surface area contributed by atoms with E-state index in [1.165, 1.54) is 20.8 Å². The highest BCUT2D eigenvalue weighted by molar-refractivity contribution is 7.95. The zero-order valence-corrected chi connectivity index (χ0v) is 14.9. The Hall–Kier alpha value is -2.35. The molecular formula is C17H19NO6S. The second-order valence-corrected chi connectivity index (χ2v) is 8.22. The van der Waals surface area contributed by atoms with Crippen LogP contribution in [0.15, 0.2) is 40.8 Å². The third kappa shape index (κ3) is 3.53. The van der Waals surface area contributed by atoms with Crippen molar-refractivity contribution in [3.05, 3.63) is 56.5 Å². The molecule has 25 heavy (non-hydrogen) atoms. The van der Waals surface area contributed by atoms with Crippen molar-refractivity contribution < 1.29 is 22.9 Å². The molecular weight excluding hydrogens is 346 g/mol. The van der Waals surface area contributed by atoms with Gasteiger partial charge in [0.25, 0.3) is 0 Å². The second-order valence-electron chi connectivity index (χ2n) is 6.22. The number of allylic oxidation sites excluding steroid dienone is 1. The highest BCUT2D eigenvalue weighted by atomic mass is 32.2. The number of nitro groups is 1. The van der Waals surface area contributed by atoms with Crippen LogP contribution in [0.5, 0.6) is 0 Å². The third-order valence-electron chi connectivity index (χ3n) is 4.51. The number of ketones is 2. The average molecular weight is 365 g/mol. The van der Waals surface area contributed by atoms with Crippen molar-refractivity contribution in [2.75, 3.05) is 5.75 Å². The van der Waals surface area contributed by atoms with Gasteiger partial charge in [-0.2, -0.15) is 0 Å². The van der Waals surface area contributed by atoms with Crippen molar-refractivity contribution >= 4 is 21.4 Å². The van der Waals surface area contributed by atoms with E-state index in [2.05, 4.69) is 0 Å². The van der Waals surface area contributed by atoms with Crippen LogP contribution in [0.2, 0.25) is 0 Å². The molecule has 0 N–H and O–H groups in total. The molecule has 0 bridgehead atoms. The lowest BCUT2D eigenvalue weighted by Crippen LogP contribution is -2.30. The van der Waals surface area contributed by atoms with Crippen molar-refractivity contribution in [1.29, 1.82) is 0 Å². The van der Waals surface area contributed by atoms with Crippen molar-refractivity contribution in [1.82, 2.24) is 0 Å². The predicted octanol–water partition coefficient (Wildman–Crippen LogP) is 1.91. The third-order valence-corrected chi connectivity index (χ3v) is 6.51. The van der Waals surface area contributed by atoms with Crippen LogP contribution in [0.1, 0.15) is 32.3 Å². The van der Waals surface area contributed by atoms with Gasteiger partial charge in [0.05, 0.1) is 10.8 Å². The van der Waals surface area contributed by atoms with Crippen LogP contribution < -0.4 is 0 Å². The Kier molecular flexibility index (Phi) is 5.22. The van der Waals surface area contributed by atoms with Gasteiger partial charge in [-0.15, -0.1) is 0 Å². The summed E-state index contributed by atoms with van der Waals surface area (Å²) < 4.78 is 25.3. The second kappa shape index (κ2) is 6.87. The summed E-state index contributed by atoms with van der Waals surface area (Å²) in [6.45, 7) is 3.84. The lowest BCUT2D eigenvalue weighted by atomic mass is 9.79. The van der Waals surface area contributed by atoms with Gasteiger partial charge in [0.15, 0.2) is 9.84 Å². The molecule has 0 radical (unpaired) electrons. The van der Waals surface area contributed by atoms with Gasteiger partial charge in [0, 0.05) is 16.4 Å². The van der Waals surface area contributed by atoms with Crippen LogP contribution >= 0.6 is 0 Å². The largest absolute Gasteiger partial charge is 0.299 e. The van der Waals surface area contributed by atoms with E-state index in [-0.39, 0.29) is 10.5 Å². The van der Waals surface area contributed by atoms with E-state index >= 15 is 0 Å². The molecule has 1 aromatic carbocycles. The molecule has 0 saturated carbocycles. The Balaban J connectivity index is 2.77. The molecule has 1 aliphatic heterocycles. The highest BCUT2D eigenvalue weighted by Gasteiger charge is 2.48. The summed E-state index contributed by atoms with van der Waals surface area (Å²) in [5.74, 6) is -3.84. The molecule has 2 unspecified atom stereocenters. The van der Waals surface area contributed by atoms with Crippen LogP contribution in [-0.2, 0) is 19.4 Å². The molecule has 0 spiro atoms. The number of carbonyl (C=O) groups is 2. The molecule has 0 saturated heterocycles. The van der Waals surface area contributed by atoms with E-state index in [4.69, 9.17) is 0 Å². The maximum absolute atomic E-state index is 12.7. The van der Waals surface area contributed by atoms with Gasteiger partial charge in [0.1, 0.15) is 17.3 Å². The van der Waals surface area contributed by atoms with E-state index in [1.807, 2.05) is 0 Å². The summed E-state index contributed by atoms with van der Waals surface area (Å²) in [4.78, 5) is 34.6. The lowest BCUT2D eigenvalue weighted by molar-refractivity contribution is -0.505. The molecule has 2 rings (SSSR count). The van der Waals surface area contributed by atoms with Gasteiger partial charge in [0.2, 0.25) is 6.04 Å². The Bertz CT molecular complexity index is 842. The van der Waals surface area contributed by atoms with Crippen molar-refractivity contribution in [3.8, 4) is 0 Å². The number of nitrogens with zero attached hydrogens (tertiary/aromatic N) is 1. The van der Waals surface area contributed by atoms with Crippen LogP contribution in [-0.4, -0.2) is 36.7 Å². The van der Waals surface area contributed by atoms with E-state index in [1.54, 1.807) is 30.3 Å². The first-order chi connectivity index (χ1) is 11.6. The number of benzene rings is 1.